The van der Waals surface area contributed by atoms with Crippen molar-refractivity contribution in [3.8, 4) is 44.6 Å². The molecule has 1 heterocycles. The molecule has 0 bridgehead atoms. The first-order valence-corrected chi connectivity index (χ1v) is 16.3. The van der Waals surface area contributed by atoms with Gasteiger partial charge in [-0.25, -0.2) is 0 Å². The zero-order chi connectivity index (χ0) is 31.5. The molecule has 0 N–H and O–H groups in total. The summed E-state index contributed by atoms with van der Waals surface area (Å²) in [6.45, 7) is 2.15. The first kappa shape index (κ1) is 27.4. The molecule has 8 aromatic carbocycles. The lowest BCUT2D eigenvalue weighted by Crippen LogP contribution is -1.93. The largest absolute Gasteiger partial charge is 0.343 e. The Morgan fingerprint density at radius 2 is 0.872 bits per heavy atom. The fourth-order valence-electron chi connectivity index (χ4n) is 7.63. The minimum atomic E-state index is 1.22. The number of rotatable bonds is 4. The van der Waals surface area contributed by atoms with E-state index < -0.39 is 0 Å². The van der Waals surface area contributed by atoms with Gasteiger partial charge in [-0.15, -0.1) is 0 Å². The van der Waals surface area contributed by atoms with Crippen LogP contribution in [0.15, 0.2) is 164 Å². The topological polar surface area (TPSA) is 4.93 Å². The smallest absolute Gasteiger partial charge is 0.0568 e. The van der Waals surface area contributed by atoms with Crippen LogP contribution in [0.1, 0.15) is 5.56 Å². The fourth-order valence-corrected chi connectivity index (χ4v) is 7.63. The zero-order valence-corrected chi connectivity index (χ0v) is 26.5. The van der Waals surface area contributed by atoms with E-state index in [0.29, 0.717) is 0 Å². The first-order chi connectivity index (χ1) is 23.2. The minimum absolute atomic E-state index is 1.22. The van der Waals surface area contributed by atoms with E-state index in [2.05, 4.69) is 182 Å². The van der Waals surface area contributed by atoms with E-state index in [9.17, 15) is 0 Å². The van der Waals surface area contributed by atoms with E-state index in [1.807, 2.05) is 0 Å². The molecule has 0 atom stereocenters. The quantitative estimate of drug-likeness (QED) is 0.177. The Morgan fingerprint density at radius 3 is 1.51 bits per heavy atom. The monoisotopic (exact) mass is 599 g/mol. The fraction of sp³-hybridized carbons (Fsp3) is 0.0435. The normalized spacial score (nSPS) is 11.6. The van der Waals surface area contributed by atoms with E-state index >= 15 is 0 Å². The molecule has 0 aliphatic heterocycles. The molecule has 0 saturated heterocycles. The Balaban J connectivity index is 1.34. The average molecular weight is 600 g/mol. The van der Waals surface area contributed by atoms with Gasteiger partial charge in [0.15, 0.2) is 0 Å². The second-order valence-corrected chi connectivity index (χ2v) is 12.6. The van der Waals surface area contributed by atoms with Crippen LogP contribution in [0.3, 0.4) is 0 Å². The molecule has 0 fully saturated rings. The average Bonchev–Trinajstić information content (AvgIpc) is 3.42. The number of hydrogen-bond donors (Lipinski definition) is 0. The minimum Gasteiger partial charge on any atom is -0.343 e. The number of nitrogens with zero attached hydrogens (tertiary/aromatic N) is 1. The van der Waals surface area contributed by atoms with Gasteiger partial charge in [0.1, 0.15) is 0 Å². The number of aromatic nitrogens is 1. The van der Waals surface area contributed by atoms with E-state index in [-0.39, 0.29) is 0 Å². The van der Waals surface area contributed by atoms with Crippen LogP contribution in [0.2, 0.25) is 0 Å². The van der Waals surface area contributed by atoms with Gasteiger partial charge in [0.2, 0.25) is 0 Å². The standard InChI is InChI=1S/C46H33N/c1-30-20-22-32(23-21-30)45-41-27-26-36(29-42(41)47(2)46(45)33-13-4-3-5-14-33)44-39-18-10-8-16-37(39)43(38-17-9-11-19-40(38)44)35-25-24-31-12-6-7-15-34(31)28-35/h3-29H,1-2H3. The maximum Gasteiger partial charge on any atom is 0.0568 e. The molecule has 9 rings (SSSR count). The molecule has 1 nitrogen and oxygen atoms in total. The highest BCUT2D eigenvalue weighted by atomic mass is 15.0. The van der Waals surface area contributed by atoms with Gasteiger partial charge in [-0.1, -0.05) is 157 Å². The van der Waals surface area contributed by atoms with Gasteiger partial charge in [-0.2, -0.15) is 0 Å². The molecule has 9 aromatic rings. The lowest BCUT2D eigenvalue weighted by Gasteiger charge is -2.18. The summed E-state index contributed by atoms with van der Waals surface area (Å²) in [6, 6.07) is 60.2. The second-order valence-electron chi connectivity index (χ2n) is 12.6. The summed E-state index contributed by atoms with van der Waals surface area (Å²) in [6.07, 6.45) is 0. The van der Waals surface area contributed by atoms with Crippen LogP contribution in [0.5, 0.6) is 0 Å². The van der Waals surface area contributed by atoms with Crippen LogP contribution in [-0.2, 0) is 7.05 Å². The highest BCUT2D eigenvalue weighted by Gasteiger charge is 2.21. The van der Waals surface area contributed by atoms with Gasteiger partial charge in [-0.3, -0.25) is 0 Å². The Bertz CT molecular complexity index is 2560. The van der Waals surface area contributed by atoms with Gasteiger partial charge >= 0.3 is 0 Å². The lowest BCUT2D eigenvalue weighted by atomic mass is 9.85. The van der Waals surface area contributed by atoms with Crippen molar-refractivity contribution in [1.29, 1.82) is 0 Å². The third kappa shape index (κ3) is 4.39. The zero-order valence-electron chi connectivity index (χ0n) is 26.5. The molecule has 0 amide bonds. The van der Waals surface area contributed by atoms with Crippen molar-refractivity contribution in [2.45, 2.75) is 6.92 Å². The van der Waals surface area contributed by atoms with Gasteiger partial charge in [0, 0.05) is 23.5 Å². The third-order valence-electron chi connectivity index (χ3n) is 9.85. The maximum absolute atomic E-state index is 2.41. The molecular weight excluding hydrogens is 567 g/mol. The molecule has 1 heteroatoms. The SMILES string of the molecule is Cc1ccc(-c2c(-c3ccccc3)n(C)c3cc(-c4c5ccccc5c(-c5ccc6ccccc6c5)c5ccccc45)ccc23)cc1. The second kappa shape index (κ2) is 10.9. The molecule has 0 aliphatic carbocycles. The Labute approximate surface area is 275 Å². The molecule has 1 aromatic heterocycles. The van der Waals surface area contributed by atoms with E-state index in [4.69, 9.17) is 0 Å². The summed E-state index contributed by atoms with van der Waals surface area (Å²) >= 11 is 0. The van der Waals surface area contributed by atoms with E-state index in [1.54, 1.807) is 0 Å². The highest BCUT2D eigenvalue weighted by molar-refractivity contribution is 6.22. The van der Waals surface area contributed by atoms with Crippen molar-refractivity contribution in [2.24, 2.45) is 7.05 Å². The predicted octanol–water partition coefficient (Wildman–Crippen LogP) is 12.6. The van der Waals surface area contributed by atoms with Gasteiger partial charge in [0.05, 0.1) is 5.69 Å². The third-order valence-corrected chi connectivity index (χ3v) is 9.85. The molecule has 0 spiro atoms. The van der Waals surface area contributed by atoms with Crippen LogP contribution in [0.4, 0.5) is 0 Å². The van der Waals surface area contributed by atoms with Crippen molar-refractivity contribution in [3.05, 3.63) is 169 Å². The Morgan fingerprint density at radius 1 is 0.362 bits per heavy atom. The predicted molar refractivity (Wildman–Crippen MR) is 202 cm³/mol. The summed E-state index contributed by atoms with van der Waals surface area (Å²) in [5.41, 5.74) is 12.5. The summed E-state index contributed by atoms with van der Waals surface area (Å²) < 4.78 is 2.39. The molecular formula is C46H33N. The maximum atomic E-state index is 2.41. The summed E-state index contributed by atoms with van der Waals surface area (Å²) in [5.74, 6) is 0. The summed E-state index contributed by atoms with van der Waals surface area (Å²) in [5, 5.41) is 8.87. The van der Waals surface area contributed by atoms with Crippen LogP contribution >= 0.6 is 0 Å². The Hall–Kier alpha value is -5.92. The van der Waals surface area contributed by atoms with Gasteiger partial charge in [-0.05, 0) is 84.8 Å². The van der Waals surface area contributed by atoms with Crippen LogP contribution in [0, 0.1) is 6.92 Å². The number of hydrogen-bond acceptors (Lipinski definition) is 0. The van der Waals surface area contributed by atoms with Gasteiger partial charge < -0.3 is 4.57 Å². The number of benzene rings is 8. The number of aryl methyl sites for hydroxylation is 2. The molecule has 47 heavy (non-hydrogen) atoms. The van der Waals surface area contributed by atoms with Crippen LogP contribution in [-0.4, -0.2) is 4.57 Å². The van der Waals surface area contributed by atoms with E-state index in [0.717, 1.165) is 0 Å². The first-order valence-electron chi connectivity index (χ1n) is 16.3. The van der Waals surface area contributed by atoms with Crippen molar-refractivity contribution in [2.75, 3.05) is 0 Å². The summed E-state index contributed by atoms with van der Waals surface area (Å²) in [4.78, 5) is 0. The Kier molecular flexibility index (Phi) is 6.33. The van der Waals surface area contributed by atoms with Crippen molar-refractivity contribution in [1.82, 2.24) is 4.57 Å². The van der Waals surface area contributed by atoms with E-state index in [1.165, 1.54) is 93.4 Å². The molecule has 222 valence electrons. The summed E-state index contributed by atoms with van der Waals surface area (Å²) in [7, 11) is 2.21. The molecule has 0 radical (unpaired) electrons. The van der Waals surface area contributed by atoms with Crippen molar-refractivity contribution in [3.63, 3.8) is 0 Å². The highest BCUT2D eigenvalue weighted by Crippen LogP contribution is 2.46. The van der Waals surface area contributed by atoms with Crippen LogP contribution < -0.4 is 0 Å². The molecule has 0 saturated carbocycles. The number of fused-ring (bicyclic) bond motifs is 4. The van der Waals surface area contributed by atoms with Crippen LogP contribution in [0.25, 0.3) is 87.9 Å². The lowest BCUT2D eigenvalue weighted by molar-refractivity contribution is 0.979. The van der Waals surface area contributed by atoms with Crippen molar-refractivity contribution < 1.29 is 0 Å². The van der Waals surface area contributed by atoms with Crippen molar-refractivity contribution >= 4 is 43.2 Å². The molecule has 0 aliphatic rings. The van der Waals surface area contributed by atoms with Gasteiger partial charge in [0.25, 0.3) is 0 Å². The molecule has 0 unspecified atom stereocenters.